The van der Waals surface area contributed by atoms with Crippen molar-refractivity contribution in [3.8, 4) is 0 Å². The minimum Gasteiger partial charge on any atom is -0.312 e. The van der Waals surface area contributed by atoms with Crippen molar-refractivity contribution in [2.24, 2.45) is 0 Å². The van der Waals surface area contributed by atoms with Crippen molar-refractivity contribution in [1.82, 2.24) is 5.32 Å². The molecule has 0 amide bonds. The Hall–Kier alpha value is -0.0600. The van der Waals surface area contributed by atoms with Crippen LogP contribution < -0.4 is 5.32 Å². The van der Waals surface area contributed by atoms with Gasteiger partial charge in [-0.05, 0) is 58.2 Å². The lowest BCUT2D eigenvalue weighted by molar-refractivity contribution is 0.691. The van der Waals surface area contributed by atoms with Crippen LogP contribution >= 0.6 is 50.5 Å². The third-order valence-electron chi connectivity index (χ3n) is 2.43. The maximum atomic E-state index is 5.95. The first kappa shape index (κ1) is 14.4. The van der Waals surface area contributed by atoms with Gasteiger partial charge >= 0.3 is 0 Å². The second kappa shape index (κ2) is 6.92. The van der Waals surface area contributed by atoms with Crippen LogP contribution in [-0.4, -0.2) is 6.54 Å². The molecule has 0 aliphatic heterocycles. The molecule has 0 fully saturated rings. The Labute approximate surface area is 129 Å². The molecule has 5 heteroatoms. The van der Waals surface area contributed by atoms with E-state index in [1.54, 1.807) is 17.4 Å². The van der Waals surface area contributed by atoms with E-state index in [2.05, 4.69) is 33.4 Å². The van der Waals surface area contributed by atoms with Crippen LogP contribution in [0.4, 0.5) is 0 Å². The summed E-state index contributed by atoms with van der Waals surface area (Å²) in [7, 11) is 0. The van der Waals surface area contributed by atoms with Gasteiger partial charge in [-0.25, -0.2) is 0 Å². The summed E-state index contributed by atoms with van der Waals surface area (Å²) in [6.45, 7) is 1.73. The number of nitrogens with one attached hydrogen (secondary N) is 1. The Morgan fingerprint density at radius 2 is 1.83 bits per heavy atom. The molecule has 0 unspecified atom stereocenters. The molecule has 0 aliphatic carbocycles. The van der Waals surface area contributed by atoms with E-state index in [1.165, 1.54) is 8.66 Å². The monoisotopic (exact) mass is 363 g/mol. The van der Waals surface area contributed by atoms with Crippen LogP contribution in [0.2, 0.25) is 10.0 Å². The van der Waals surface area contributed by atoms with Gasteiger partial charge in [0.15, 0.2) is 0 Å². The van der Waals surface area contributed by atoms with Crippen LogP contribution in [-0.2, 0) is 13.0 Å². The molecule has 1 nitrogen and oxygen atoms in total. The van der Waals surface area contributed by atoms with Crippen LogP contribution in [0.15, 0.2) is 34.1 Å². The van der Waals surface area contributed by atoms with Gasteiger partial charge in [0.2, 0.25) is 0 Å². The molecular weight excluding hydrogens is 353 g/mol. The largest absolute Gasteiger partial charge is 0.312 e. The zero-order valence-corrected chi connectivity index (χ0v) is 13.5. The van der Waals surface area contributed by atoms with Gasteiger partial charge in [0.25, 0.3) is 0 Å². The summed E-state index contributed by atoms with van der Waals surface area (Å²) in [6.07, 6.45) is 1.03. The lowest BCUT2D eigenvalue weighted by atomic mass is 10.2. The maximum absolute atomic E-state index is 5.95. The first-order valence-electron chi connectivity index (χ1n) is 5.53. The van der Waals surface area contributed by atoms with Gasteiger partial charge < -0.3 is 5.32 Å². The molecule has 2 aromatic rings. The number of thiophene rings is 1. The molecule has 0 bridgehead atoms. The third-order valence-corrected chi connectivity index (χ3v) is 4.55. The minimum absolute atomic E-state index is 0.682. The van der Waals surface area contributed by atoms with Crippen molar-refractivity contribution in [2.75, 3.05) is 6.54 Å². The predicted molar refractivity (Wildman–Crippen MR) is 83.9 cm³/mol. The van der Waals surface area contributed by atoms with Gasteiger partial charge in [-0.15, -0.1) is 11.3 Å². The molecule has 0 radical (unpaired) electrons. The van der Waals surface area contributed by atoms with Crippen LogP contribution in [0.1, 0.15) is 10.4 Å². The second-order valence-electron chi connectivity index (χ2n) is 3.91. The van der Waals surface area contributed by atoms with Gasteiger partial charge in [0, 0.05) is 28.0 Å². The molecule has 0 spiro atoms. The molecule has 96 valence electrons. The Morgan fingerprint density at radius 3 is 2.44 bits per heavy atom. The molecule has 18 heavy (non-hydrogen) atoms. The highest BCUT2D eigenvalue weighted by atomic mass is 79.9. The van der Waals surface area contributed by atoms with Gasteiger partial charge in [0.1, 0.15) is 0 Å². The van der Waals surface area contributed by atoms with Crippen molar-refractivity contribution in [3.05, 3.63) is 54.6 Å². The van der Waals surface area contributed by atoms with Gasteiger partial charge in [-0.3, -0.25) is 0 Å². The Bertz CT molecular complexity index is 507. The number of rotatable bonds is 5. The number of hydrogen-bond acceptors (Lipinski definition) is 2. The zero-order valence-electron chi connectivity index (χ0n) is 9.55. The normalized spacial score (nSPS) is 10.8. The lowest BCUT2D eigenvalue weighted by Crippen LogP contribution is -2.16. The van der Waals surface area contributed by atoms with E-state index in [1.807, 2.05) is 12.1 Å². The van der Waals surface area contributed by atoms with E-state index < -0.39 is 0 Å². The highest BCUT2D eigenvalue weighted by Crippen LogP contribution is 2.22. The average Bonchev–Trinajstić information content (AvgIpc) is 2.69. The Morgan fingerprint density at radius 1 is 1.11 bits per heavy atom. The highest BCUT2D eigenvalue weighted by Gasteiger charge is 2.00. The smallest absolute Gasteiger partial charge is 0.0701 e. The lowest BCUT2D eigenvalue weighted by Gasteiger charge is -2.05. The summed E-state index contributed by atoms with van der Waals surface area (Å²) in [5.41, 5.74) is 1.11. The van der Waals surface area contributed by atoms with E-state index in [4.69, 9.17) is 23.2 Å². The van der Waals surface area contributed by atoms with E-state index in [9.17, 15) is 0 Å². The molecule has 0 saturated carbocycles. The third kappa shape index (κ3) is 4.56. The molecule has 0 saturated heterocycles. The molecule has 1 heterocycles. The number of hydrogen-bond donors (Lipinski definition) is 1. The summed E-state index contributed by atoms with van der Waals surface area (Å²) < 4.78 is 1.18. The minimum atomic E-state index is 0.682. The fraction of sp³-hybridized carbons (Fsp3) is 0.231. The van der Waals surface area contributed by atoms with Gasteiger partial charge in [-0.2, -0.15) is 0 Å². The van der Waals surface area contributed by atoms with E-state index in [0.29, 0.717) is 10.0 Å². The summed E-state index contributed by atoms with van der Waals surface area (Å²) in [5.74, 6) is 0. The van der Waals surface area contributed by atoms with Crippen molar-refractivity contribution in [3.63, 3.8) is 0 Å². The van der Waals surface area contributed by atoms with Crippen LogP contribution in [0.3, 0.4) is 0 Å². The van der Waals surface area contributed by atoms with E-state index in [0.717, 1.165) is 25.1 Å². The number of benzene rings is 1. The predicted octanol–water partition coefficient (Wildman–Crippen LogP) is 5.15. The average molecular weight is 365 g/mol. The highest BCUT2D eigenvalue weighted by molar-refractivity contribution is 9.11. The molecule has 0 aliphatic rings. The fourth-order valence-corrected chi connectivity index (χ4v) is 3.70. The van der Waals surface area contributed by atoms with E-state index >= 15 is 0 Å². The van der Waals surface area contributed by atoms with Gasteiger partial charge in [-0.1, -0.05) is 23.2 Å². The molecule has 1 N–H and O–H groups in total. The second-order valence-corrected chi connectivity index (χ2v) is 7.33. The molecule has 1 aromatic heterocycles. The van der Waals surface area contributed by atoms with Crippen molar-refractivity contribution in [2.45, 2.75) is 13.0 Å². The molecule has 2 rings (SSSR count). The molecule has 0 atom stereocenters. The fourth-order valence-electron chi connectivity index (χ4n) is 1.64. The SMILES string of the molecule is Clc1cc(Cl)cc(CNCCc2ccc(Br)s2)c1. The van der Waals surface area contributed by atoms with E-state index in [-0.39, 0.29) is 0 Å². The Kier molecular flexibility index (Phi) is 5.52. The number of halogens is 3. The van der Waals surface area contributed by atoms with Crippen LogP contribution in [0.5, 0.6) is 0 Å². The quantitative estimate of drug-likeness (QED) is 0.723. The first-order chi connectivity index (χ1) is 8.63. The Balaban J connectivity index is 1.78. The van der Waals surface area contributed by atoms with Gasteiger partial charge in [0.05, 0.1) is 3.79 Å². The van der Waals surface area contributed by atoms with Crippen molar-refractivity contribution in [1.29, 1.82) is 0 Å². The maximum Gasteiger partial charge on any atom is 0.0701 e. The van der Waals surface area contributed by atoms with Crippen LogP contribution in [0, 0.1) is 0 Å². The van der Waals surface area contributed by atoms with Crippen molar-refractivity contribution >= 4 is 50.5 Å². The summed E-state index contributed by atoms with van der Waals surface area (Å²) in [5, 5.41) is 4.75. The van der Waals surface area contributed by atoms with Crippen molar-refractivity contribution < 1.29 is 0 Å². The summed E-state index contributed by atoms with van der Waals surface area (Å²) >= 11 is 17.1. The zero-order chi connectivity index (χ0) is 13.0. The first-order valence-corrected chi connectivity index (χ1v) is 7.90. The molecular formula is C13H12BrCl2NS. The summed E-state index contributed by atoms with van der Waals surface area (Å²) in [4.78, 5) is 1.37. The molecule has 1 aromatic carbocycles. The standard InChI is InChI=1S/C13H12BrCl2NS/c14-13-2-1-12(18-13)3-4-17-8-9-5-10(15)7-11(16)6-9/h1-2,5-7,17H,3-4,8H2. The topological polar surface area (TPSA) is 12.0 Å². The van der Waals surface area contributed by atoms with Crippen LogP contribution in [0.25, 0.3) is 0 Å². The summed E-state index contributed by atoms with van der Waals surface area (Å²) in [6, 6.07) is 9.84.